The number of phenols is 1. The molecule has 0 heterocycles. The fraction of sp³-hybridized carbons (Fsp3) is 0.200. The Morgan fingerprint density at radius 3 is 2.80 bits per heavy atom. The van der Waals surface area contributed by atoms with Crippen LogP contribution in [-0.2, 0) is 10.0 Å². The third-order valence-electron chi connectivity index (χ3n) is 1.66. The predicted molar refractivity (Wildman–Crippen MR) is 56.7 cm³/mol. The minimum absolute atomic E-state index is 0.0282. The van der Waals surface area contributed by atoms with E-state index in [9.17, 15) is 8.42 Å². The first-order chi connectivity index (χ1) is 7.06. The van der Waals surface area contributed by atoms with Crippen molar-refractivity contribution in [1.29, 1.82) is 0 Å². The van der Waals surface area contributed by atoms with Gasteiger partial charge in [-0.05, 0) is 25.1 Å². The zero-order valence-electron chi connectivity index (χ0n) is 8.19. The lowest BCUT2D eigenvalue weighted by molar-refractivity contribution is 0.473. The minimum atomic E-state index is -3.57. The summed E-state index contributed by atoms with van der Waals surface area (Å²) in [4.78, 5) is 0.0282. The van der Waals surface area contributed by atoms with Gasteiger partial charge in [-0.3, -0.25) is 0 Å². The summed E-state index contributed by atoms with van der Waals surface area (Å²) in [6.45, 7) is 1.69. The highest BCUT2D eigenvalue weighted by Gasteiger charge is 2.12. The average molecular weight is 225 g/mol. The largest absolute Gasteiger partial charge is 0.508 e. The molecule has 0 aliphatic rings. The van der Waals surface area contributed by atoms with Gasteiger partial charge in [0, 0.05) is 0 Å². The van der Waals surface area contributed by atoms with Crippen molar-refractivity contribution in [3.8, 4) is 17.6 Å². The molecule has 0 bridgehead atoms. The summed E-state index contributed by atoms with van der Waals surface area (Å²) in [6.07, 6.45) is 0. The van der Waals surface area contributed by atoms with E-state index in [2.05, 4.69) is 16.6 Å². The van der Waals surface area contributed by atoms with Gasteiger partial charge < -0.3 is 5.11 Å². The second-order valence-electron chi connectivity index (χ2n) is 2.75. The maximum absolute atomic E-state index is 11.6. The van der Waals surface area contributed by atoms with Crippen LogP contribution < -0.4 is 4.72 Å². The monoisotopic (exact) mass is 225 g/mol. The molecule has 0 spiro atoms. The number of hydrogen-bond donors (Lipinski definition) is 2. The van der Waals surface area contributed by atoms with E-state index >= 15 is 0 Å². The molecule has 0 unspecified atom stereocenters. The first-order valence-corrected chi connectivity index (χ1v) is 5.73. The van der Waals surface area contributed by atoms with Gasteiger partial charge in [0.15, 0.2) is 0 Å². The minimum Gasteiger partial charge on any atom is -0.508 e. The van der Waals surface area contributed by atoms with Crippen LogP contribution in [0.2, 0.25) is 0 Å². The van der Waals surface area contributed by atoms with Gasteiger partial charge in [-0.1, -0.05) is 12.0 Å². The zero-order chi connectivity index (χ0) is 11.3. The van der Waals surface area contributed by atoms with Crippen molar-refractivity contribution in [2.45, 2.75) is 11.8 Å². The summed E-state index contributed by atoms with van der Waals surface area (Å²) in [5.41, 5.74) is 0. The average Bonchev–Trinajstić information content (AvgIpc) is 2.18. The highest BCUT2D eigenvalue weighted by molar-refractivity contribution is 7.89. The maximum Gasteiger partial charge on any atom is 0.241 e. The molecule has 0 aliphatic heterocycles. The van der Waals surface area contributed by atoms with E-state index in [1.165, 1.54) is 24.3 Å². The van der Waals surface area contributed by atoms with E-state index in [1.807, 2.05) is 0 Å². The van der Waals surface area contributed by atoms with Crippen LogP contribution in [0.4, 0.5) is 0 Å². The molecule has 0 aromatic heterocycles. The van der Waals surface area contributed by atoms with Gasteiger partial charge in [-0.2, -0.15) is 4.72 Å². The fourth-order valence-corrected chi connectivity index (χ4v) is 1.92. The van der Waals surface area contributed by atoms with E-state index in [0.29, 0.717) is 0 Å². The van der Waals surface area contributed by atoms with Gasteiger partial charge >= 0.3 is 0 Å². The molecule has 1 aromatic carbocycles. The van der Waals surface area contributed by atoms with Crippen molar-refractivity contribution in [2.75, 3.05) is 6.54 Å². The molecule has 80 valence electrons. The van der Waals surface area contributed by atoms with Crippen molar-refractivity contribution < 1.29 is 13.5 Å². The lowest BCUT2D eigenvalue weighted by atomic mass is 10.3. The summed E-state index contributed by atoms with van der Waals surface area (Å²) in [5, 5.41) is 9.13. The Balaban J connectivity index is 2.90. The molecule has 0 saturated heterocycles. The third-order valence-corrected chi connectivity index (χ3v) is 3.05. The Hall–Kier alpha value is -1.51. The highest BCUT2D eigenvalue weighted by Crippen LogP contribution is 2.15. The molecule has 0 amide bonds. The topological polar surface area (TPSA) is 66.4 Å². The Labute approximate surface area is 89.0 Å². The van der Waals surface area contributed by atoms with Crippen LogP contribution in [0.15, 0.2) is 29.2 Å². The highest BCUT2D eigenvalue weighted by atomic mass is 32.2. The summed E-state index contributed by atoms with van der Waals surface area (Å²) in [6, 6.07) is 5.46. The Morgan fingerprint density at radius 2 is 2.20 bits per heavy atom. The Morgan fingerprint density at radius 1 is 1.47 bits per heavy atom. The molecule has 0 radical (unpaired) electrons. The van der Waals surface area contributed by atoms with Crippen LogP contribution >= 0.6 is 0 Å². The third kappa shape index (κ3) is 3.27. The predicted octanol–water partition coefficient (Wildman–Crippen LogP) is 0.694. The number of phenolic OH excluding ortho intramolecular Hbond substituents is 1. The van der Waals surface area contributed by atoms with Gasteiger partial charge in [0.05, 0.1) is 11.4 Å². The van der Waals surface area contributed by atoms with Crippen LogP contribution in [0.3, 0.4) is 0 Å². The van der Waals surface area contributed by atoms with E-state index in [-0.39, 0.29) is 17.2 Å². The van der Waals surface area contributed by atoms with E-state index in [0.717, 1.165) is 0 Å². The van der Waals surface area contributed by atoms with Crippen LogP contribution in [-0.4, -0.2) is 20.1 Å². The molecule has 4 nitrogen and oxygen atoms in total. The molecule has 0 fully saturated rings. The Bertz CT molecular complexity index is 497. The lowest BCUT2D eigenvalue weighted by Crippen LogP contribution is -2.23. The normalized spacial score (nSPS) is 10.5. The molecule has 15 heavy (non-hydrogen) atoms. The van der Waals surface area contributed by atoms with Crippen LogP contribution in [0.25, 0.3) is 0 Å². The van der Waals surface area contributed by atoms with Gasteiger partial charge in [0.1, 0.15) is 5.75 Å². The number of hydrogen-bond acceptors (Lipinski definition) is 3. The van der Waals surface area contributed by atoms with E-state index in [4.69, 9.17) is 5.11 Å². The second-order valence-corrected chi connectivity index (χ2v) is 4.52. The summed E-state index contributed by atoms with van der Waals surface area (Å²) >= 11 is 0. The van der Waals surface area contributed by atoms with Gasteiger partial charge in [0.2, 0.25) is 10.0 Å². The molecule has 0 aliphatic carbocycles. The van der Waals surface area contributed by atoms with E-state index < -0.39 is 10.0 Å². The molecule has 1 aromatic rings. The van der Waals surface area contributed by atoms with E-state index in [1.54, 1.807) is 6.92 Å². The molecular formula is C10H11NO3S. The van der Waals surface area contributed by atoms with Crippen LogP contribution in [0, 0.1) is 11.8 Å². The molecule has 2 N–H and O–H groups in total. The van der Waals surface area contributed by atoms with Gasteiger partial charge in [-0.25, -0.2) is 8.42 Å². The fourth-order valence-electron chi connectivity index (χ4n) is 0.953. The lowest BCUT2D eigenvalue weighted by Gasteiger charge is -2.03. The number of benzene rings is 1. The first-order valence-electron chi connectivity index (χ1n) is 4.24. The second kappa shape index (κ2) is 4.82. The Kier molecular flexibility index (Phi) is 3.72. The number of nitrogens with one attached hydrogen (secondary N) is 1. The summed E-state index contributed by atoms with van der Waals surface area (Å²) < 4.78 is 25.4. The number of sulfonamides is 1. The molecule has 0 atom stereocenters. The van der Waals surface area contributed by atoms with Crippen LogP contribution in [0.5, 0.6) is 5.75 Å². The SMILES string of the molecule is CC#CCNS(=O)(=O)c1cccc(O)c1. The smallest absolute Gasteiger partial charge is 0.241 e. The van der Waals surface area contributed by atoms with Crippen molar-refractivity contribution in [1.82, 2.24) is 4.72 Å². The van der Waals surface area contributed by atoms with Crippen LogP contribution in [0.1, 0.15) is 6.92 Å². The summed E-state index contributed by atoms with van der Waals surface area (Å²) in [5.74, 6) is 5.08. The number of aromatic hydroxyl groups is 1. The molecular weight excluding hydrogens is 214 g/mol. The standard InChI is InChI=1S/C10H11NO3S/c1-2-3-7-11-15(13,14)10-6-4-5-9(12)8-10/h4-6,8,11-12H,7H2,1H3. The van der Waals surface area contributed by atoms with Crippen molar-refractivity contribution in [3.63, 3.8) is 0 Å². The van der Waals surface area contributed by atoms with Crippen molar-refractivity contribution in [2.24, 2.45) is 0 Å². The zero-order valence-corrected chi connectivity index (χ0v) is 9.00. The van der Waals surface area contributed by atoms with Gasteiger partial charge in [-0.15, -0.1) is 5.92 Å². The summed E-state index contributed by atoms with van der Waals surface area (Å²) in [7, 11) is -3.57. The quantitative estimate of drug-likeness (QED) is 0.744. The molecule has 1 rings (SSSR count). The van der Waals surface area contributed by atoms with Crippen molar-refractivity contribution >= 4 is 10.0 Å². The van der Waals surface area contributed by atoms with Gasteiger partial charge in [0.25, 0.3) is 0 Å². The first kappa shape index (κ1) is 11.6. The maximum atomic E-state index is 11.6. The number of rotatable bonds is 3. The molecule has 5 heteroatoms. The van der Waals surface area contributed by atoms with Crippen molar-refractivity contribution in [3.05, 3.63) is 24.3 Å². The molecule has 0 saturated carbocycles.